The van der Waals surface area contributed by atoms with Gasteiger partial charge in [-0.15, -0.1) is 0 Å². The molecule has 1 unspecified atom stereocenters. The lowest BCUT2D eigenvalue weighted by Gasteiger charge is -2.26. The van der Waals surface area contributed by atoms with Crippen molar-refractivity contribution in [3.63, 3.8) is 0 Å². The molecule has 3 aromatic rings. The summed E-state index contributed by atoms with van der Waals surface area (Å²) in [6.07, 6.45) is 5.45. The first-order chi connectivity index (χ1) is 10.3. The second-order valence-corrected chi connectivity index (χ2v) is 5.59. The van der Waals surface area contributed by atoms with Crippen LogP contribution in [-0.2, 0) is 0 Å². The van der Waals surface area contributed by atoms with Crippen molar-refractivity contribution in [1.29, 1.82) is 0 Å². The quantitative estimate of drug-likeness (QED) is 0.785. The van der Waals surface area contributed by atoms with E-state index in [-0.39, 0.29) is 6.17 Å². The number of piperidine rings is 1. The third kappa shape index (κ3) is 2.22. The Balaban J connectivity index is 1.92. The molecule has 0 aliphatic carbocycles. The topological polar surface area (TPSA) is 55.9 Å². The number of rotatable bonds is 2. The number of furan rings is 1. The summed E-state index contributed by atoms with van der Waals surface area (Å²) < 4.78 is 7.69. The Morgan fingerprint density at radius 1 is 1.29 bits per heavy atom. The number of hydrogen-bond donors (Lipinski definition) is 1. The molecule has 1 saturated heterocycles. The zero-order valence-electron chi connectivity index (χ0n) is 11.4. The standard InChI is InChI=1S/C15H15ClN4O/c16-12-7-6-11(21-12)15-19-10-4-3-9-18-14(10)20(15)13-5-1-2-8-17-13/h3-4,6-7,9,13,17H,1-2,5,8H2. The van der Waals surface area contributed by atoms with Crippen molar-refractivity contribution in [2.75, 3.05) is 6.54 Å². The van der Waals surface area contributed by atoms with Gasteiger partial charge in [-0.3, -0.25) is 9.88 Å². The summed E-state index contributed by atoms with van der Waals surface area (Å²) in [5.74, 6) is 1.44. The van der Waals surface area contributed by atoms with Crippen LogP contribution in [0.2, 0.25) is 5.22 Å². The minimum absolute atomic E-state index is 0.192. The van der Waals surface area contributed by atoms with Crippen LogP contribution >= 0.6 is 11.6 Å². The first-order valence-corrected chi connectivity index (χ1v) is 7.53. The van der Waals surface area contributed by atoms with Crippen LogP contribution in [0.3, 0.4) is 0 Å². The summed E-state index contributed by atoms with van der Waals surface area (Å²) in [5.41, 5.74) is 1.74. The molecular formula is C15H15ClN4O. The average molecular weight is 303 g/mol. The zero-order valence-corrected chi connectivity index (χ0v) is 12.2. The lowest BCUT2D eigenvalue weighted by molar-refractivity contribution is 0.326. The van der Waals surface area contributed by atoms with Crippen LogP contribution in [-0.4, -0.2) is 21.1 Å². The van der Waals surface area contributed by atoms with E-state index in [0.29, 0.717) is 11.0 Å². The van der Waals surface area contributed by atoms with Crippen molar-refractivity contribution in [3.8, 4) is 11.6 Å². The molecule has 21 heavy (non-hydrogen) atoms. The summed E-state index contributed by atoms with van der Waals surface area (Å²) in [7, 11) is 0. The summed E-state index contributed by atoms with van der Waals surface area (Å²) in [5, 5.41) is 3.91. The number of nitrogens with zero attached hydrogens (tertiary/aromatic N) is 3. The molecule has 1 aliphatic heterocycles. The van der Waals surface area contributed by atoms with E-state index >= 15 is 0 Å². The van der Waals surface area contributed by atoms with Crippen LogP contribution in [0.1, 0.15) is 25.4 Å². The van der Waals surface area contributed by atoms with Gasteiger partial charge in [-0.25, -0.2) is 9.97 Å². The van der Waals surface area contributed by atoms with Crippen molar-refractivity contribution in [3.05, 3.63) is 35.7 Å². The maximum absolute atomic E-state index is 5.91. The average Bonchev–Trinajstić information content (AvgIpc) is 3.11. The van der Waals surface area contributed by atoms with Crippen molar-refractivity contribution in [2.24, 2.45) is 0 Å². The molecule has 4 heterocycles. The molecular weight excluding hydrogens is 288 g/mol. The number of pyridine rings is 1. The molecule has 0 spiro atoms. The maximum Gasteiger partial charge on any atom is 0.194 e. The highest BCUT2D eigenvalue weighted by atomic mass is 35.5. The van der Waals surface area contributed by atoms with Crippen LogP contribution < -0.4 is 5.32 Å². The monoisotopic (exact) mass is 302 g/mol. The van der Waals surface area contributed by atoms with Gasteiger partial charge in [0.25, 0.3) is 0 Å². The zero-order chi connectivity index (χ0) is 14.2. The molecule has 5 nitrogen and oxygen atoms in total. The summed E-state index contributed by atoms with van der Waals surface area (Å²) in [4.78, 5) is 9.17. The fourth-order valence-corrected chi connectivity index (χ4v) is 3.03. The molecule has 0 aromatic carbocycles. The maximum atomic E-state index is 5.91. The third-order valence-electron chi connectivity index (χ3n) is 3.84. The number of imidazole rings is 1. The lowest BCUT2D eigenvalue weighted by atomic mass is 10.1. The van der Waals surface area contributed by atoms with Gasteiger partial charge in [-0.1, -0.05) is 0 Å². The Morgan fingerprint density at radius 2 is 2.24 bits per heavy atom. The molecule has 108 valence electrons. The smallest absolute Gasteiger partial charge is 0.194 e. The van der Waals surface area contributed by atoms with Gasteiger partial charge in [0.1, 0.15) is 5.52 Å². The van der Waals surface area contributed by atoms with Crippen molar-refractivity contribution in [1.82, 2.24) is 19.9 Å². The van der Waals surface area contributed by atoms with E-state index in [1.807, 2.05) is 18.2 Å². The molecule has 6 heteroatoms. The van der Waals surface area contributed by atoms with Crippen LogP contribution in [0.5, 0.6) is 0 Å². The summed E-state index contributed by atoms with van der Waals surface area (Å²) in [6.45, 7) is 1.01. The fraction of sp³-hybridized carbons (Fsp3) is 0.333. The predicted octanol–water partition coefficient (Wildman–Crippen LogP) is 3.62. The number of nitrogens with one attached hydrogen (secondary N) is 1. The lowest BCUT2D eigenvalue weighted by Crippen LogP contribution is -2.31. The van der Waals surface area contributed by atoms with Gasteiger partial charge in [0.05, 0.1) is 6.17 Å². The molecule has 1 N–H and O–H groups in total. The molecule has 0 bridgehead atoms. The van der Waals surface area contributed by atoms with Gasteiger partial charge in [-0.2, -0.15) is 0 Å². The number of fused-ring (bicyclic) bond motifs is 1. The molecule has 0 saturated carbocycles. The highest BCUT2D eigenvalue weighted by molar-refractivity contribution is 6.28. The second-order valence-electron chi connectivity index (χ2n) is 5.22. The Morgan fingerprint density at radius 3 is 3.00 bits per heavy atom. The predicted molar refractivity (Wildman–Crippen MR) is 81.1 cm³/mol. The van der Waals surface area contributed by atoms with E-state index < -0.39 is 0 Å². The van der Waals surface area contributed by atoms with Crippen molar-refractivity contribution in [2.45, 2.75) is 25.4 Å². The molecule has 1 atom stereocenters. The minimum Gasteiger partial charge on any atom is -0.441 e. The highest BCUT2D eigenvalue weighted by Crippen LogP contribution is 2.31. The van der Waals surface area contributed by atoms with E-state index in [1.54, 1.807) is 12.3 Å². The molecule has 4 rings (SSSR count). The molecule has 0 radical (unpaired) electrons. The van der Waals surface area contributed by atoms with Gasteiger partial charge in [0.15, 0.2) is 22.5 Å². The van der Waals surface area contributed by atoms with Crippen LogP contribution in [0.4, 0.5) is 0 Å². The van der Waals surface area contributed by atoms with Gasteiger partial charge >= 0.3 is 0 Å². The van der Waals surface area contributed by atoms with Crippen molar-refractivity contribution >= 4 is 22.8 Å². The third-order valence-corrected chi connectivity index (χ3v) is 4.04. The van der Waals surface area contributed by atoms with E-state index in [1.165, 1.54) is 12.8 Å². The summed E-state index contributed by atoms with van der Waals surface area (Å²) in [6, 6.07) is 7.45. The second kappa shape index (κ2) is 5.16. The van der Waals surface area contributed by atoms with Gasteiger partial charge in [0.2, 0.25) is 0 Å². The van der Waals surface area contributed by atoms with E-state index in [0.717, 1.165) is 30.0 Å². The Labute approximate surface area is 126 Å². The van der Waals surface area contributed by atoms with E-state index in [9.17, 15) is 0 Å². The summed E-state index contributed by atoms with van der Waals surface area (Å²) >= 11 is 5.91. The highest BCUT2D eigenvalue weighted by Gasteiger charge is 2.23. The van der Waals surface area contributed by atoms with Gasteiger partial charge < -0.3 is 4.42 Å². The van der Waals surface area contributed by atoms with Crippen LogP contribution in [0, 0.1) is 0 Å². The first kappa shape index (κ1) is 12.9. The van der Waals surface area contributed by atoms with E-state index in [2.05, 4.69) is 19.9 Å². The Kier molecular flexibility index (Phi) is 3.16. The van der Waals surface area contributed by atoms with E-state index in [4.69, 9.17) is 16.0 Å². The van der Waals surface area contributed by atoms with Crippen molar-refractivity contribution < 1.29 is 4.42 Å². The first-order valence-electron chi connectivity index (χ1n) is 7.15. The largest absolute Gasteiger partial charge is 0.441 e. The Bertz CT molecular complexity index is 773. The van der Waals surface area contributed by atoms with Gasteiger partial charge in [0, 0.05) is 6.20 Å². The minimum atomic E-state index is 0.192. The number of halogens is 1. The fourth-order valence-electron chi connectivity index (χ4n) is 2.89. The molecule has 3 aromatic heterocycles. The molecule has 1 fully saturated rings. The Hall–Kier alpha value is -1.85. The normalized spacial score (nSPS) is 19.2. The SMILES string of the molecule is Clc1ccc(-c2nc3cccnc3n2C2CCCCN2)o1. The van der Waals surface area contributed by atoms with Crippen LogP contribution in [0.15, 0.2) is 34.9 Å². The van der Waals surface area contributed by atoms with Gasteiger partial charge in [-0.05, 0) is 61.7 Å². The van der Waals surface area contributed by atoms with Crippen LogP contribution in [0.25, 0.3) is 22.7 Å². The molecule has 1 aliphatic rings. The number of aromatic nitrogens is 3. The number of hydrogen-bond acceptors (Lipinski definition) is 4. The molecule has 0 amide bonds.